The number of hydrogen-bond donors (Lipinski definition) is 3. The summed E-state index contributed by atoms with van der Waals surface area (Å²) in [4.78, 5) is 76.8. The molecule has 0 aromatic carbocycles. The summed E-state index contributed by atoms with van der Waals surface area (Å²) in [5.74, 6) is -16.7. The van der Waals surface area contributed by atoms with E-state index in [4.69, 9.17) is 75.9 Å². The number of carbonyl (C=O) groups excluding carboxylic acids is 3. The number of fused-ring (bicyclic) bond motifs is 3. The van der Waals surface area contributed by atoms with Crippen LogP contribution in [0, 0.1) is 58.2 Å². The molecule has 0 aliphatic carbocycles. The second kappa shape index (κ2) is 22.9. The summed E-state index contributed by atoms with van der Waals surface area (Å²) in [5, 5.41) is -1.03. The fourth-order valence-electron chi connectivity index (χ4n) is 6.51. The van der Waals surface area contributed by atoms with Crippen molar-refractivity contribution in [2.75, 3.05) is 94.2 Å². The van der Waals surface area contributed by atoms with Crippen molar-refractivity contribution in [1.29, 1.82) is 0 Å². The van der Waals surface area contributed by atoms with Crippen molar-refractivity contribution in [3.05, 3.63) is 88.4 Å². The minimum atomic E-state index is -4.00. The van der Waals surface area contributed by atoms with E-state index < -0.39 is 214 Å². The van der Waals surface area contributed by atoms with Gasteiger partial charge in [-0.25, -0.2) is 49.6 Å². The summed E-state index contributed by atoms with van der Waals surface area (Å²) in [6, 6.07) is -9.30. The van der Waals surface area contributed by atoms with Gasteiger partial charge in [0.25, 0.3) is 19.6 Å². The van der Waals surface area contributed by atoms with E-state index in [1.165, 1.54) is 20.8 Å². The number of likely N-dealkylation sites (tertiary alicyclic amines) is 3. The van der Waals surface area contributed by atoms with Crippen LogP contribution >= 0.6 is 0 Å². The van der Waals surface area contributed by atoms with Crippen molar-refractivity contribution in [2.24, 2.45) is 17.7 Å². The second-order valence-electron chi connectivity index (χ2n) is 14.9. The molecule has 3 saturated heterocycles. The molecular formula is C51H66N18O3. The van der Waals surface area contributed by atoms with Crippen LogP contribution in [0.25, 0.3) is 47.6 Å². The van der Waals surface area contributed by atoms with Crippen LogP contribution in [0.2, 0.25) is 0 Å². The monoisotopic (exact) mass is 1020 g/mol. The van der Waals surface area contributed by atoms with Crippen LogP contribution in [0.15, 0.2) is 37.0 Å². The summed E-state index contributed by atoms with van der Waals surface area (Å²) in [5.41, 5.74) is -0.177. The molecule has 378 valence electrons. The lowest BCUT2D eigenvalue weighted by Gasteiger charge is -2.41. The number of hydrogen-bond acceptors (Lipinski definition) is 12. The molecule has 72 heavy (non-hydrogen) atoms. The Hall–Kier alpha value is -7.86. The molecule has 9 heterocycles. The fourth-order valence-corrected chi connectivity index (χ4v) is 6.51. The highest BCUT2D eigenvalue weighted by Crippen LogP contribution is 2.32. The molecule has 3 aliphatic rings. The Kier molecular flexibility index (Phi) is 6.59. The normalized spacial score (nSPS) is 38.4. The number of aromatic nitrogens is 9. The lowest BCUT2D eigenvalue weighted by molar-refractivity contribution is -0.131. The SMILES string of the molecule is [2H]c1nc(N([C@@H]2[C@H](C([2H])([2H])[2H])C([2H])([2H])C([2H])([2H])N(C(=O)C[N+]#[C-])C2([2H])[2H])C([2H])([2H])[2H])c2c([2H])c(C)[nH]c2n1.[2H]c1nc(N([C@H]2C([2H])([2H])N(C(=O)C[N+]#[C-])C([2H])([2H])C([2H])([2H])[C@@]2([2H])C([2H])([2H])[2H])C([2H])([2H])[2H])c2c([2H])c(C)[nH]c2n1.[2H]c1nc(N([C@H]2C([2H])([2H])N(C(=O)C[N+]#[C-])C([2H])([2H])C([2H])([2H])[C@@]2([2H])C)C([2H])([2H])[2H])c2c([2H])c(C)[nH]c2n1. The number of nitrogens with zero attached hydrogens (tertiary/aromatic N) is 15. The Morgan fingerprint density at radius 1 is 0.611 bits per heavy atom. The average molecular weight is 1020 g/mol. The number of aryl methyl sites for hydroxylation is 3. The summed E-state index contributed by atoms with van der Waals surface area (Å²) < 4.78 is 341. The van der Waals surface area contributed by atoms with Crippen molar-refractivity contribution in [2.45, 2.75) is 78.6 Å². The number of H-pyrrole nitrogens is 3. The van der Waals surface area contributed by atoms with Gasteiger partial charge in [-0.15, -0.1) is 0 Å². The van der Waals surface area contributed by atoms with Crippen molar-refractivity contribution in [1.82, 2.24) is 59.6 Å². The van der Waals surface area contributed by atoms with Crippen molar-refractivity contribution >= 4 is 68.3 Å². The zero-order valence-corrected chi connectivity index (χ0v) is 37.9. The average Bonchev–Trinajstić information content (AvgIpc) is 1.69. The van der Waals surface area contributed by atoms with Gasteiger partial charge in [-0.05, 0) is 75.7 Å². The number of piperidine rings is 3. The Balaban J connectivity index is 0.000000235. The number of amides is 3. The zero-order valence-electron chi connectivity index (χ0n) is 78.9. The first-order chi connectivity index (χ1) is 50.6. The molecule has 0 unspecified atom stereocenters. The maximum Gasteiger partial charge on any atom is 0.302 e. The van der Waals surface area contributed by atoms with Gasteiger partial charge in [0, 0.05) is 117 Å². The summed E-state index contributed by atoms with van der Waals surface area (Å²) in [7, 11) is 0. The number of carbonyl (C=O) groups is 3. The highest BCUT2D eigenvalue weighted by molar-refractivity contribution is 5.90. The van der Waals surface area contributed by atoms with Crippen LogP contribution in [0.5, 0.6) is 0 Å². The topological polar surface area (TPSA) is 208 Å². The van der Waals surface area contributed by atoms with Gasteiger partial charge >= 0.3 is 17.7 Å². The molecule has 6 atom stereocenters. The number of nitrogens with one attached hydrogen (secondary N) is 3. The van der Waals surface area contributed by atoms with Crippen LogP contribution in [0.3, 0.4) is 0 Å². The Morgan fingerprint density at radius 2 is 0.972 bits per heavy atom. The van der Waals surface area contributed by atoms with Crippen LogP contribution in [-0.4, -0.2) is 175 Å². The molecule has 6 aromatic heterocycles. The van der Waals surface area contributed by atoms with Crippen molar-refractivity contribution in [3.63, 3.8) is 0 Å². The Labute approximate surface area is 478 Å². The third-order valence-electron chi connectivity index (χ3n) is 9.82. The molecule has 21 heteroatoms. The number of likely N-dealkylation sites (N-methyl/N-ethyl adjacent to an activating group) is 3. The smallest absolute Gasteiger partial charge is 0.302 e. The van der Waals surface area contributed by atoms with Gasteiger partial charge in [-0.1, -0.05) is 20.6 Å². The molecule has 0 radical (unpaired) electrons. The molecule has 6 aromatic rings. The molecule has 3 fully saturated rings. The van der Waals surface area contributed by atoms with Crippen LogP contribution in [-0.2, 0) is 14.4 Å². The van der Waals surface area contributed by atoms with Crippen LogP contribution < -0.4 is 14.7 Å². The number of aromatic amines is 3. The molecule has 9 rings (SSSR count). The first-order valence-corrected chi connectivity index (χ1v) is 20.5. The quantitative estimate of drug-likeness (QED) is 0.152. The first kappa shape index (κ1) is 20.7. The standard InChI is InChI=1S/3C17H22N6O/c3*1-11-5-6-23(15(24)8-18-3)9-14(11)22(4)17-13-7-12(2)21-16(13)19-10-20-17/h3*7,10-11,14H,5-6,8-9H2,1-2,4H3,(H,19,20,21)/t3*11-,14+/m111/s1/i1D3,4D3,5D2,6D2,7D,9D2,10D,11D;4D3,5D2,6D2,7D,9D2,10D,11D;1D3,4D3,5D2,6D2,7D,9D2,10D. The maximum atomic E-state index is 12.9. The largest absolute Gasteiger partial charge is 0.354 e. The molecule has 0 bridgehead atoms. The maximum absolute atomic E-state index is 12.9. The highest BCUT2D eigenvalue weighted by atomic mass is 16.2. The van der Waals surface area contributed by atoms with E-state index in [1.54, 1.807) is 0 Å². The van der Waals surface area contributed by atoms with Gasteiger partial charge in [0.15, 0.2) is 0 Å². The van der Waals surface area contributed by atoms with E-state index in [0.29, 0.717) is 0 Å². The number of rotatable bonds is 9. The van der Waals surface area contributed by atoms with Gasteiger partial charge in [0.1, 0.15) is 57.4 Å². The van der Waals surface area contributed by atoms with E-state index in [2.05, 4.69) is 59.4 Å². The third kappa shape index (κ3) is 11.5. The minimum absolute atomic E-state index is 0.0784. The molecular weight excluding hydrogens is 913 g/mol. The van der Waals surface area contributed by atoms with Crippen molar-refractivity contribution < 1.29 is 70.6 Å². The van der Waals surface area contributed by atoms with E-state index in [1.807, 2.05) is 0 Å². The van der Waals surface area contributed by atoms with Crippen LogP contribution in [0.4, 0.5) is 17.5 Å². The first-order valence-electron chi connectivity index (χ1n) is 41.0. The predicted molar refractivity (Wildman–Crippen MR) is 278 cm³/mol. The van der Waals surface area contributed by atoms with Gasteiger partial charge in [0.2, 0.25) is 0 Å². The predicted octanol–water partition coefficient (Wildman–Crippen LogP) is 5.58. The minimum Gasteiger partial charge on any atom is -0.354 e. The third-order valence-corrected chi connectivity index (χ3v) is 9.82. The lowest BCUT2D eigenvalue weighted by Crippen LogP contribution is -2.53. The van der Waals surface area contributed by atoms with Gasteiger partial charge in [-0.2, -0.15) is 0 Å². The Bertz CT molecular complexity index is 4880. The molecule has 3 amide bonds. The van der Waals surface area contributed by atoms with Gasteiger partial charge in [-0.3, -0.25) is 14.4 Å². The van der Waals surface area contributed by atoms with Crippen molar-refractivity contribution in [3.8, 4) is 0 Å². The molecule has 0 spiro atoms. The Morgan fingerprint density at radius 3 is 1.35 bits per heavy atom. The van der Waals surface area contributed by atoms with E-state index in [9.17, 15) is 14.4 Å². The summed E-state index contributed by atoms with van der Waals surface area (Å²) >= 11 is 0. The lowest BCUT2D eigenvalue weighted by atomic mass is 9.92. The highest BCUT2D eigenvalue weighted by Gasteiger charge is 2.36. The summed E-state index contributed by atoms with van der Waals surface area (Å²) in [6.07, 6.45) is -13.4. The fraction of sp³-hybridized carbons (Fsp3) is 0.529. The second-order valence-corrected chi connectivity index (χ2v) is 14.9. The number of anilines is 3. The van der Waals surface area contributed by atoms with E-state index >= 15 is 0 Å². The zero-order chi connectivity index (χ0) is 87.5. The van der Waals surface area contributed by atoms with Gasteiger partial charge < -0.3 is 58.9 Å². The van der Waals surface area contributed by atoms with Gasteiger partial charge in [0.05, 0.1) is 46.6 Å². The molecule has 3 aliphatic heterocycles. The van der Waals surface area contributed by atoms with E-state index in [0.717, 1.165) is 6.92 Å². The summed E-state index contributed by atoms with van der Waals surface area (Å²) in [6.45, 7) is -17.4. The van der Waals surface area contributed by atoms with E-state index in [-0.39, 0.29) is 86.3 Å². The molecule has 0 saturated carbocycles. The molecule has 21 nitrogen and oxygen atoms in total. The molecule has 3 N–H and O–H groups in total. The van der Waals surface area contributed by atoms with Crippen LogP contribution in [0.1, 0.15) is 113 Å².